The summed E-state index contributed by atoms with van der Waals surface area (Å²) in [5.41, 5.74) is 5.84. The second-order valence-corrected chi connectivity index (χ2v) is 5.27. The molecular formula is C15H22N2O7. The van der Waals surface area contributed by atoms with Gasteiger partial charge < -0.3 is 25.1 Å². The Bertz CT molecular complexity index is 587. The second-order valence-electron chi connectivity index (χ2n) is 5.27. The molecule has 0 aliphatic rings. The van der Waals surface area contributed by atoms with Crippen LogP contribution in [0.4, 0.5) is 11.4 Å². The fraction of sp³-hybridized carbons (Fsp3) is 0.533. The number of carboxylic acid groups (broad SMARTS) is 1. The number of nitrogens with two attached hydrogens (primary N) is 1. The van der Waals surface area contributed by atoms with Crippen molar-refractivity contribution >= 4 is 17.3 Å². The van der Waals surface area contributed by atoms with E-state index in [0.29, 0.717) is 12.0 Å². The lowest BCUT2D eigenvalue weighted by molar-refractivity contribution is -0.384. The molecule has 1 aromatic rings. The molecule has 0 heterocycles. The average molecular weight is 342 g/mol. The molecule has 0 aliphatic heterocycles. The molecule has 0 bridgehead atoms. The summed E-state index contributed by atoms with van der Waals surface area (Å²) >= 11 is 0. The highest BCUT2D eigenvalue weighted by atomic mass is 16.7. The minimum Gasteiger partial charge on any atom is -0.491 e. The largest absolute Gasteiger partial charge is 0.491 e. The van der Waals surface area contributed by atoms with Crippen molar-refractivity contribution in [3.63, 3.8) is 0 Å². The number of carboxylic acids is 1. The van der Waals surface area contributed by atoms with E-state index in [1.165, 1.54) is 33.3 Å². The van der Waals surface area contributed by atoms with Crippen molar-refractivity contribution in [2.75, 3.05) is 26.6 Å². The maximum absolute atomic E-state index is 11.1. The van der Waals surface area contributed by atoms with Crippen molar-refractivity contribution in [2.24, 2.45) is 5.92 Å². The van der Waals surface area contributed by atoms with E-state index in [4.69, 9.17) is 25.1 Å². The van der Waals surface area contributed by atoms with E-state index in [0.717, 1.165) is 0 Å². The molecular weight excluding hydrogens is 320 g/mol. The highest BCUT2D eigenvalue weighted by Gasteiger charge is 2.21. The van der Waals surface area contributed by atoms with Crippen molar-refractivity contribution in [3.8, 4) is 5.75 Å². The number of ether oxygens (including phenoxy) is 3. The van der Waals surface area contributed by atoms with Gasteiger partial charge in [0.1, 0.15) is 5.75 Å². The summed E-state index contributed by atoms with van der Waals surface area (Å²) in [5.74, 6) is -1.53. The van der Waals surface area contributed by atoms with Crippen LogP contribution in [0.5, 0.6) is 5.75 Å². The summed E-state index contributed by atoms with van der Waals surface area (Å²) in [6.07, 6.45) is 0.0677. The number of rotatable bonds is 10. The zero-order valence-electron chi connectivity index (χ0n) is 13.9. The van der Waals surface area contributed by atoms with Crippen molar-refractivity contribution in [3.05, 3.63) is 27.8 Å². The lowest BCUT2D eigenvalue weighted by atomic mass is 10.00. The van der Waals surface area contributed by atoms with Crippen LogP contribution in [0, 0.1) is 16.0 Å². The summed E-state index contributed by atoms with van der Waals surface area (Å²) in [6.45, 7) is 1.69. The van der Waals surface area contributed by atoms with Crippen LogP contribution in [0.2, 0.25) is 0 Å². The zero-order valence-corrected chi connectivity index (χ0v) is 13.9. The number of nitro groups is 1. The van der Waals surface area contributed by atoms with Crippen molar-refractivity contribution in [1.82, 2.24) is 0 Å². The number of nitrogens with zero attached hydrogens (tertiary/aromatic N) is 1. The highest BCUT2D eigenvalue weighted by Crippen LogP contribution is 2.34. The number of anilines is 1. The Morgan fingerprint density at radius 2 is 2.00 bits per heavy atom. The molecule has 0 aromatic heterocycles. The Morgan fingerprint density at radius 3 is 2.50 bits per heavy atom. The van der Waals surface area contributed by atoms with Gasteiger partial charge in [0, 0.05) is 26.7 Å². The number of nitro benzene ring substituents is 1. The second kappa shape index (κ2) is 9.04. The number of nitrogen functional groups attached to an aromatic ring is 1. The fourth-order valence-electron chi connectivity index (χ4n) is 2.09. The average Bonchev–Trinajstić information content (AvgIpc) is 2.53. The van der Waals surface area contributed by atoms with E-state index >= 15 is 0 Å². The fourth-order valence-corrected chi connectivity index (χ4v) is 2.09. The van der Waals surface area contributed by atoms with Gasteiger partial charge in [-0.1, -0.05) is 6.92 Å². The third-order valence-corrected chi connectivity index (χ3v) is 3.48. The van der Waals surface area contributed by atoms with Gasteiger partial charge >= 0.3 is 5.97 Å². The van der Waals surface area contributed by atoms with Crippen molar-refractivity contribution < 1.29 is 29.0 Å². The SMILES string of the molecule is COC(CCOc1cc(C[C@@H](C)C(=O)O)cc([N+](=O)[O-])c1N)OC. The molecule has 0 saturated heterocycles. The number of methoxy groups -OCH3 is 2. The first kappa shape index (κ1) is 19.7. The lowest BCUT2D eigenvalue weighted by Crippen LogP contribution is -2.17. The first-order valence-corrected chi connectivity index (χ1v) is 7.28. The normalized spacial score (nSPS) is 12.2. The third-order valence-electron chi connectivity index (χ3n) is 3.48. The zero-order chi connectivity index (χ0) is 18.3. The van der Waals surface area contributed by atoms with Gasteiger partial charge in [-0.05, 0) is 18.1 Å². The van der Waals surface area contributed by atoms with Crippen LogP contribution in [0.15, 0.2) is 12.1 Å². The Labute approximate surface area is 139 Å². The van der Waals surface area contributed by atoms with Gasteiger partial charge in [-0.25, -0.2) is 0 Å². The minimum absolute atomic E-state index is 0.0990. The molecule has 134 valence electrons. The Kier molecular flexibility index (Phi) is 7.40. The number of carbonyl (C=O) groups is 1. The van der Waals surface area contributed by atoms with Crippen molar-refractivity contribution in [2.45, 2.75) is 26.1 Å². The van der Waals surface area contributed by atoms with Gasteiger partial charge in [-0.15, -0.1) is 0 Å². The summed E-state index contributed by atoms with van der Waals surface area (Å²) in [4.78, 5) is 21.5. The molecule has 0 unspecified atom stereocenters. The minimum atomic E-state index is -0.986. The van der Waals surface area contributed by atoms with Gasteiger partial charge in [0.05, 0.1) is 17.4 Å². The van der Waals surface area contributed by atoms with E-state index in [-0.39, 0.29) is 30.2 Å². The van der Waals surface area contributed by atoms with Gasteiger partial charge in [0.2, 0.25) is 0 Å². The lowest BCUT2D eigenvalue weighted by Gasteiger charge is -2.15. The quantitative estimate of drug-likeness (QED) is 0.284. The van der Waals surface area contributed by atoms with Crippen LogP contribution in [0.3, 0.4) is 0 Å². The molecule has 0 fully saturated rings. The van der Waals surface area contributed by atoms with Gasteiger partial charge in [-0.3, -0.25) is 14.9 Å². The van der Waals surface area contributed by atoms with E-state index in [1.54, 1.807) is 0 Å². The molecule has 3 N–H and O–H groups in total. The molecule has 0 amide bonds. The standard InChI is InChI=1S/C15H22N2O7/c1-9(15(18)19)6-10-7-11(17(20)21)14(16)12(8-10)24-5-4-13(22-2)23-3/h7-9,13H,4-6,16H2,1-3H3,(H,18,19)/t9-/m1/s1. The molecule has 9 heteroatoms. The van der Waals surface area contributed by atoms with Crippen LogP contribution < -0.4 is 10.5 Å². The molecule has 0 radical (unpaired) electrons. The summed E-state index contributed by atoms with van der Waals surface area (Å²) < 4.78 is 15.6. The number of hydrogen-bond donors (Lipinski definition) is 2. The Morgan fingerprint density at radius 1 is 1.38 bits per heavy atom. The number of aliphatic carboxylic acids is 1. The van der Waals surface area contributed by atoms with Gasteiger partial charge in [0.25, 0.3) is 5.69 Å². The molecule has 24 heavy (non-hydrogen) atoms. The number of hydrogen-bond acceptors (Lipinski definition) is 7. The van der Waals surface area contributed by atoms with Crippen molar-refractivity contribution in [1.29, 1.82) is 0 Å². The third kappa shape index (κ3) is 5.36. The van der Waals surface area contributed by atoms with Crippen LogP contribution in [0.25, 0.3) is 0 Å². The predicted octanol–water partition coefficient (Wildman–Crippen LogP) is 1.83. The number of benzene rings is 1. The first-order chi connectivity index (χ1) is 11.3. The summed E-state index contributed by atoms with van der Waals surface area (Å²) in [7, 11) is 2.97. The maximum Gasteiger partial charge on any atom is 0.306 e. The van der Waals surface area contributed by atoms with Crippen LogP contribution >= 0.6 is 0 Å². The molecule has 0 aliphatic carbocycles. The van der Waals surface area contributed by atoms with Gasteiger partial charge in [0.15, 0.2) is 12.0 Å². The van der Waals surface area contributed by atoms with Gasteiger partial charge in [-0.2, -0.15) is 0 Å². The van der Waals surface area contributed by atoms with Crippen LogP contribution in [-0.2, 0) is 20.7 Å². The molecule has 1 aromatic carbocycles. The van der Waals surface area contributed by atoms with Crippen LogP contribution in [-0.4, -0.2) is 43.1 Å². The molecule has 1 rings (SSSR count). The molecule has 0 saturated carbocycles. The van der Waals surface area contributed by atoms with E-state index in [2.05, 4.69) is 0 Å². The molecule has 0 spiro atoms. The van der Waals surface area contributed by atoms with E-state index in [9.17, 15) is 14.9 Å². The monoisotopic (exact) mass is 342 g/mol. The summed E-state index contributed by atoms with van der Waals surface area (Å²) in [6, 6.07) is 2.80. The highest BCUT2D eigenvalue weighted by molar-refractivity contribution is 5.71. The molecule has 1 atom stereocenters. The summed E-state index contributed by atoms with van der Waals surface area (Å²) in [5, 5.41) is 20.1. The van der Waals surface area contributed by atoms with Crippen LogP contribution in [0.1, 0.15) is 18.9 Å². The Hall–Kier alpha value is -2.39. The van der Waals surface area contributed by atoms with E-state index < -0.39 is 23.1 Å². The predicted molar refractivity (Wildman–Crippen MR) is 85.9 cm³/mol. The molecule has 9 nitrogen and oxygen atoms in total. The Balaban J connectivity index is 2.98. The topological polar surface area (TPSA) is 134 Å². The van der Waals surface area contributed by atoms with E-state index in [1.807, 2.05) is 0 Å². The maximum atomic E-state index is 11.1. The smallest absolute Gasteiger partial charge is 0.306 e. The first-order valence-electron chi connectivity index (χ1n) is 7.28.